The number of H-pyrrole nitrogens is 1. The summed E-state index contributed by atoms with van der Waals surface area (Å²) in [5, 5.41) is -0.0549. The summed E-state index contributed by atoms with van der Waals surface area (Å²) in [5.41, 5.74) is 5.81. The van der Waals surface area contributed by atoms with Crippen LogP contribution in [0, 0.1) is 0 Å². The van der Waals surface area contributed by atoms with Gasteiger partial charge >= 0.3 is 0 Å². The topological polar surface area (TPSA) is 90.2 Å². The van der Waals surface area contributed by atoms with Gasteiger partial charge in [-0.15, -0.1) is 0 Å². The molecule has 0 fully saturated rings. The van der Waals surface area contributed by atoms with Crippen molar-refractivity contribution >= 4 is 17.5 Å². The minimum Gasteiger partial charge on any atom is -0.493 e. The van der Waals surface area contributed by atoms with E-state index in [1.54, 1.807) is 18.2 Å². The Morgan fingerprint density at radius 3 is 2.68 bits per heavy atom. The quantitative estimate of drug-likeness (QED) is 0.893. The van der Waals surface area contributed by atoms with Crippen molar-refractivity contribution in [2.75, 3.05) is 20.0 Å². The van der Waals surface area contributed by atoms with Gasteiger partial charge in [0.15, 0.2) is 11.5 Å². The molecule has 0 aliphatic rings. The molecule has 0 atom stereocenters. The third-order valence-corrected chi connectivity index (χ3v) is 2.89. The van der Waals surface area contributed by atoms with Gasteiger partial charge in [0.05, 0.1) is 14.2 Å². The van der Waals surface area contributed by atoms with Gasteiger partial charge in [-0.3, -0.25) is 9.78 Å². The van der Waals surface area contributed by atoms with E-state index in [2.05, 4.69) is 9.97 Å². The van der Waals surface area contributed by atoms with E-state index in [4.69, 9.17) is 26.8 Å². The molecular formula is C12H12ClN3O3. The van der Waals surface area contributed by atoms with E-state index in [0.717, 1.165) is 0 Å². The van der Waals surface area contributed by atoms with E-state index in [9.17, 15) is 4.79 Å². The Labute approximate surface area is 114 Å². The van der Waals surface area contributed by atoms with Crippen LogP contribution in [0.25, 0.3) is 11.3 Å². The van der Waals surface area contributed by atoms with Crippen molar-refractivity contribution in [2.45, 2.75) is 0 Å². The van der Waals surface area contributed by atoms with Crippen LogP contribution in [-0.2, 0) is 0 Å². The number of halogens is 1. The van der Waals surface area contributed by atoms with Crippen LogP contribution in [0.3, 0.4) is 0 Å². The predicted octanol–water partition coefficient (Wildman–Crippen LogP) is 1.69. The maximum Gasteiger partial charge on any atom is 0.271 e. The molecule has 0 saturated carbocycles. The molecular weight excluding hydrogens is 270 g/mol. The molecule has 0 saturated heterocycles. The Morgan fingerprint density at radius 1 is 1.32 bits per heavy atom. The summed E-state index contributed by atoms with van der Waals surface area (Å²) in [7, 11) is 3.01. The zero-order valence-corrected chi connectivity index (χ0v) is 11.1. The van der Waals surface area contributed by atoms with Crippen LogP contribution in [0.1, 0.15) is 0 Å². The highest BCUT2D eigenvalue weighted by atomic mass is 35.5. The minimum atomic E-state index is -0.506. The summed E-state index contributed by atoms with van der Waals surface area (Å²) >= 11 is 5.97. The number of nitrogen functional groups attached to an aromatic ring is 1. The Balaban J connectivity index is 2.75. The number of rotatable bonds is 3. The van der Waals surface area contributed by atoms with E-state index < -0.39 is 5.56 Å². The van der Waals surface area contributed by atoms with Crippen LogP contribution in [0.2, 0.25) is 5.02 Å². The molecule has 0 unspecified atom stereocenters. The fourth-order valence-corrected chi connectivity index (χ4v) is 1.92. The van der Waals surface area contributed by atoms with Crippen molar-refractivity contribution in [2.24, 2.45) is 0 Å². The van der Waals surface area contributed by atoms with Gasteiger partial charge in [-0.25, -0.2) is 4.98 Å². The molecule has 1 heterocycles. The van der Waals surface area contributed by atoms with Gasteiger partial charge < -0.3 is 15.2 Å². The third-order valence-electron chi connectivity index (χ3n) is 2.54. The molecule has 1 aromatic carbocycles. The van der Waals surface area contributed by atoms with Gasteiger partial charge in [0.25, 0.3) is 5.56 Å². The van der Waals surface area contributed by atoms with Crippen molar-refractivity contribution in [3.8, 4) is 22.8 Å². The highest BCUT2D eigenvalue weighted by molar-refractivity contribution is 6.33. The number of nitrogens with one attached hydrogen (secondary N) is 1. The largest absolute Gasteiger partial charge is 0.493 e. The number of hydrogen-bond acceptors (Lipinski definition) is 5. The monoisotopic (exact) mass is 281 g/mol. The van der Waals surface area contributed by atoms with Crippen LogP contribution >= 0.6 is 11.6 Å². The van der Waals surface area contributed by atoms with Gasteiger partial charge in [0.1, 0.15) is 10.7 Å². The van der Waals surface area contributed by atoms with Crippen molar-refractivity contribution in [1.29, 1.82) is 0 Å². The standard InChI is InChI=1S/C12H12ClN3O3/c1-18-7-5-3-4-6(10(7)19-2)9-8(13)11(17)16-12(14)15-9/h3-5H,1-2H3,(H3,14,15,16,17). The molecule has 2 rings (SSSR count). The second-order valence-electron chi connectivity index (χ2n) is 3.65. The van der Waals surface area contributed by atoms with Crippen molar-refractivity contribution in [1.82, 2.24) is 9.97 Å². The van der Waals surface area contributed by atoms with Gasteiger partial charge in [-0.2, -0.15) is 0 Å². The van der Waals surface area contributed by atoms with Gasteiger partial charge in [0.2, 0.25) is 5.95 Å². The first-order valence-corrected chi connectivity index (χ1v) is 5.73. The SMILES string of the molecule is COc1cccc(-c2nc(N)[nH]c(=O)c2Cl)c1OC. The molecule has 0 bridgehead atoms. The van der Waals surface area contributed by atoms with Gasteiger partial charge in [0, 0.05) is 5.56 Å². The summed E-state index contributed by atoms with van der Waals surface area (Å²) < 4.78 is 10.5. The number of methoxy groups -OCH3 is 2. The number of nitrogens with zero attached hydrogens (tertiary/aromatic N) is 1. The zero-order chi connectivity index (χ0) is 14.0. The second kappa shape index (κ2) is 5.19. The van der Waals surface area contributed by atoms with Gasteiger partial charge in [-0.1, -0.05) is 17.7 Å². The normalized spacial score (nSPS) is 10.3. The molecule has 7 heteroatoms. The lowest BCUT2D eigenvalue weighted by Gasteiger charge is -2.12. The summed E-state index contributed by atoms with van der Waals surface area (Å²) in [4.78, 5) is 18.0. The maximum atomic E-state index is 11.6. The first-order chi connectivity index (χ1) is 9.08. The number of anilines is 1. The van der Waals surface area contributed by atoms with Crippen LogP contribution < -0.4 is 20.8 Å². The summed E-state index contributed by atoms with van der Waals surface area (Å²) in [6.45, 7) is 0. The average Bonchev–Trinajstić information content (AvgIpc) is 2.41. The third kappa shape index (κ3) is 2.34. The molecule has 0 amide bonds. The fourth-order valence-electron chi connectivity index (χ4n) is 1.73. The molecule has 0 aliphatic carbocycles. The van der Waals surface area contributed by atoms with Gasteiger partial charge in [-0.05, 0) is 12.1 Å². The molecule has 100 valence electrons. The maximum absolute atomic E-state index is 11.6. The lowest BCUT2D eigenvalue weighted by atomic mass is 10.1. The molecule has 0 aliphatic heterocycles. The first kappa shape index (κ1) is 13.2. The van der Waals surface area contributed by atoms with E-state index in [1.807, 2.05) is 0 Å². The van der Waals surface area contributed by atoms with E-state index >= 15 is 0 Å². The summed E-state index contributed by atoms with van der Waals surface area (Å²) in [6, 6.07) is 5.19. The van der Waals surface area contributed by atoms with E-state index in [-0.39, 0.29) is 16.7 Å². The molecule has 6 nitrogen and oxygen atoms in total. The molecule has 0 spiro atoms. The average molecular weight is 282 g/mol. The molecule has 3 N–H and O–H groups in total. The second-order valence-corrected chi connectivity index (χ2v) is 4.03. The summed E-state index contributed by atoms with van der Waals surface area (Å²) in [5.74, 6) is 0.926. The zero-order valence-electron chi connectivity index (χ0n) is 10.4. The number of nitrogens with two attached hydrogens (primary N) is 1. The Morgan fingerprint density at radius 2 is 2.05 bits per heavy atom. The Kier molecular flexibility index (Phi) is 3.62. The number of aromatic amines is 1. The first-order valence-electron chi connectivity index (χ1n) is 5.35. The van der Waals surface area contributed by atoms with Crippen LogP contribution in [-0.4, -0.2) is 24.2 Å². The molecule has 1 aromatic heterocycles. The number of aromatic nitrogens is 2. The number of para-hydroxylation sites is 1. The van der Waals surface area contributed by atoms with E-state index in [1.165, 1.54) is 14.2 Å². The Bertz CT molecular complexity index is 670. The number of hydrogen-bond donors (Lipinski definition) is 2. The lowest BCUT2D eigenvalue weighted by molar-refractivity contribution is 0.356. The van der Waals surface area contributed by atoms with E-state index in [0.29, 0.717) is 17.1 Å². The molecule has 2 aromatic rings. The van der Waals surface area contributed by atoms with Crippen molar-refractivity contribution in [3.05, 3.63) is 33.6 Å². The van der Waals surface area contributed by atoms with Crippen molar-refractivity contribution < 1.29 is 9.47 Å². The van der Waals surface area contributed by atoms with Crippen molar-refractivity contribution in [3.63, 3.8) is 0 Å². The number of benzene rings is 1. The van der Waals surface area contributed by atoms with Crippen LogP contribution in [0.4, 0.5) is 5.95 Å². The number of ether oxygens (including phenoxy) is 2. The predicted molar refractivity (Wildman–Crippen MR) is 72.8 cm³/mol. The Hall–Kier alpha value is -2.21. The smallest absolute Gasteiger partial charge is 0.271 e. The summed E-state index contributed by atoms with van der Waals surface area (Å²) in [6.07, 6.45) is 0. The lowest BCUT2D eigenvalue weighted by Crippen LogP contribution is -2.13. The molecule has 19 heavy (non-hydrogen) atoms. The van der Waals surface area contributed by atoms with Crippen LogP contribution in [0.5, 0.6) is 11.5 Å². The highest BCUT2D eigenvalue weighted by Gasteiger charge is 2.17. The van der Waals surface area contributed by atoms with Crippen LogP contribution in [0.15, 0.2) is 23.0 Å². The highest BCUT2D eigenvalue weighted by Crippen LogP contribution is 2.38. The molecule has 0 radical (unpaired) electrons. The minimum absolute atomic E-state index is 0.0192. The fraction of sp³-hybridized carbons (Fsp3) is 0.167.